The molecular formula is C17H22F2N2O2. The lowest BCUT2D eigenvalue weighted by molar-refractivity contribution is -0.138. The fourth-order valence-electron chi connectivity index (χ4n) is 3.45. The van der Waals surface area contributed by atoms with Gasteiger partial charge in [-0.2, -0.15) is 0 Å². The van der Waals surface area contributed by atoms with Gasteiger partial charge >= 0.3 is 0 Å². The van der Waals surface area contributed by atoms with Crippen molar-refractivity contribution in [1.82, 2.24) is 4.90 Å². The highest BCUT2D eigenvalue weighted by molar-refractivity contribution is 5.79. The normalized spacial score (nSPS) is 20.8. The van der Waals surface area contributed by atoms with Crippen molar-refractivity contribution >= 4 is 11.6 Å². The molecule has 0 bridgehead atoms. The predicted molar refractivity (Wildman–Crippen MR) is 83.1 cm³/mol. The summed E-state index contributed by atoms with van der Waals surface area (Å²) in [5, 5.41) is 9.52. The standard InChI is InChI=1S/C17H22F2N2O2/c18-13-9-14(19)11-15(10-13)20-5-1-12(2-6-20)17(23)21-7-3-16(22)4-8-21/h9-12,16,22H,1-8H2. The molecule has 0 aliphatic carbocycles. The van der Waals surface area contributed by atoms with E-state index in [4.69, 9.17) is 0 Å². The molecule has 126 valence electrons. The summed E-state index contributed by atoms with van der Waals surface area (Å²) in [7, 11) is 0. The Morgan fingerprint density at radius 1 is 0.957 bits per heavy atom. The average molecular weight is 324 g/mol. The number of hydrogen-bond acceptors (Lipinski definition) is 3. The molecule has 23 heavy (non-hydrogen) atoms. The smallest absolute Gasteiger partial charge is 0.225 e. The van der Waals surface area contributed by atoms with Gasteiger partial charge in [0.1, 0.15) is 11.6 Å². The number of likely N-dealkylation sites (tertiary alicyclic amines) is 1. The third-order valence-corrected chi connectivity index (χ3v) is 4.83. The Hall–Kier alpha value is -1.69. The van der Waals surface area contributed by atoms with Crippen LogP contribution >= 0.6 is 0 Å². The number of anilines is 1. The van der Waals surface area contributed by atoms with Gasteiger partial charge in [0, 0.05) is 43.9 Å². The van der Waals surface area contributed by atoms with E-state index in [0.717, 1.165) is 6.07 Å². The summed E-state index contributed by atoms with van der Waals surface area (Å²) in [5.74, 6) is -1.03. The summed E-state index contributed by atoms with van der Waals surface area (Å²) < 4.78 is 26.6. The molecule has 4 nitrogen and oxygen atoms in total. The number of aliphatic hydroxyl groups is 1. The van der Waals surface area contributed by atoms with Gasteiger partial charge in [-0.15, -0.1) is 0 Å². The number of aliphatic hydroxyl groups excluding tert-OH is 1. The monoisotopic (exact) mass is 324 g/mol. The second kappa shape index (κ2) is 6.83. The largest absolute Gasteiger partial charge is 0.393 e. The van der Waals surface area contributed by atoms with E-state index in [9.17, 15) is 18.7 Å². The summed E-state index contributed by atoms with van der Waals surface area (Å²) in [6, 6.07) is 3.53. The van der Waals surface area contributed by atoms with Crippen LogP contribution in [0.25, 0.3) is 0 Å². The summed E-state index contributed by atoms with van der Waals surface area (Å²) in [5.41, 5.74) is 0.537. The predicted octanol–water partition coefficient (Wildman–Crippen LogP) is 2.16. The van der Waals surface area contributed by atoms with E-state index < -0.39 is 11.6 Å². The van der Waals surface area contributed by atoms with Crippen LogP contribution in [0.3, 0.4) is 0 Å². The molecule has 2 saturated heterocycles. The molecule has 1 aromatic rings. The van der Waals surface area contributed by atoms with Gasteiger partial charge in [0.2, 0.25) is 5.91 Å². The highest BCUT2D eigenvalue weighted by atomic mass is 19.1. The zero-order valence-electron chi connectivity index (χ0n) is 13.0. The van der Waals surface area contributed by atoms with Gasteiger partial charge < -0.3 is 14.9 Å². The lowest BCUT2D eigenvalue weighted by Gasteiger charge is -2.37. The van der Waals surface area contributed by atoms with Crippen molar-refractivity contribution in [3.05, 3.63) is 29.8 Å². The lowest BCUT2D eigenvalue weighted by Crippen LogP contribution is -2.46. The first-order valence-electron chi connectivity index (χ1n) is 8.21. The van der Waals surface area contributed by atoms with Crippen molar-refractivity contribution in [3.63, 3.8) is 0 Å². The van der Waals surface area contributed by atoms with Gasteiger partial charge in [-0.05, 0) is 37.8 Å². The number of amides is 1. The number of carbonyl (C=O) groups is 1. The van der Waals surface area contributed by atoms with Crippen LogP contribution in [0.1, 0.15) is 25.7 Å². The van der Waals surface area contributed by atoms with Crippen LogP contribution in [0.2, 0.25) is 0 Å². The molecule has 2 aliphatic rings. The fourth-order valence-corrected chi connectivity index (χ4v) is 3.45. The molecule has 2 fully saturated rings. The number of nitrogens with zero attached hydrogens (tertiary/aromatic N) is 2. The molecule has 1 N–H and O–H groups in total. The Labute approximate surface area is 134 Å². The van der Waals surface area contributed by atoms with Crippen molar-refractivity contribution in [2.45, 2.75) is 31.8 Å². The fraction of sp³-hybridized carbons (Fsp3) is 0.588. The molecule has 0 atom stereocenters. The second-order valence-electron chi connectivity index (χ2n) is 6.45. The first-order chi connectivity index (χ1) is 11.0. The Morgan fingerprint density at radius 2 is 1.52 bits per heavy atom. The van der Waals surface area contributed by atoms with Crippen LogP contribution in [-0.2, 0) is 4.79 Å². The van der Waals surface area contributed by atoms with Crippen molar-refractivity contribution in [1.29, 1.82) is 0 Å². The van der Waals surface area contributed by atoms with Gasteiger partial charge in [0.25, 0.3) is 0 Å². The Morgan fingerprint density at radius 3 is 2.09 bits per heavy atom. The quantitative estimate of drug-likeness (QED) is 0.907. The van der Waals surface area contributed by atoms with Gasteiger partial charge in [0.05, 0.1) is 6.10 Å². The zero-order valence-corrected chi connectivity index (χ0v) is 13.0. The summed E-state index contributed by atoms with van der Waals surface area (Å²) in [6.07, 6.45) is 2.38. The first kappa shape index (κ1) is 16.2. The van der Waals surface area contributed by atoms with Crippen LogP contribution < -0.4 is 4.90 Å². The van der Waals surface area contributed by atoms with E-state index in [-0.39, 0.29) is 17.9 Å². The molecule has 0 unspecified atom stereocenters. The highest BCUT2D eigenvalue weighted by Crippen LogP contribution is 2.26. The third kappa shape index (κ3) is 3.80. The van der Waals surface area contributed by atoms with Crippen LogP contribution in [0.5, 0.6) is 0 Å². The number of carbonyl (C=O) groups excluding carboxylic acids is 1. The molecular weight excluding hydrogens is 302 g/mol. The van der Waals surface area contributed by atoms with E-state index in [1.54, 1.807) is 0 Å². The van der Waals surface area contributed by atoms with E-state index in [2.05, 4.69) is 0 Å². The number of halogens is 2. The number of hydrogen-bond donors (Lipinski definition) is 1. The number of piperidine rings is 2. The van der Waals surface area contributed by atoms with E-state index in [1.807, 2.05) is 9.80 Å². The molecule has 2 heterocycles. The van der Waals surface area contributed by atoms with Crippen LogP contribution in [-0.4, -0.2) is 48.2 Å². The highest BCUT2D eigenvalue weighted by Gasteiger charge is 2.30. The summed E-state index contributed by atoms with van der Waals surface area (Å²) in [4.78, 5) is 16.3. The van der Waals surface area contributed by atoms with Crippen LogP contribution in [0.15, 0.2) is 18.2 Å². The molecule has 0 aromatic heterocycles. The van der Waals surface area contributed by atoms with Crippen molar-refractivity contribution in [2.75, 3.05) is 31.1 Å². The molecule has 1 aromatic carbocycles. The van der Waals surface area contributed by atoms with Gasteiger partial charge in [0.15, 0.2) is 0 Å². The number of benzene rings is 1. The third-order valence-electron chi connectivity index (χ3n) is 4.83. The van der Waals surface area contributed by atoms with Crippen molar-refractivity contribution in [3.8, 4) is 0 Å². The Bertz CT molecular complexity index is 545. The molecule has 1 amide bonds. The second-order valence-corrected chi connectivity index (χ2v) is 6.45. The molecule has 2 aliphatic heterocycles. The lowest BCUT2D eigenvalue weighted by atomic mass is 9.93. The maximum atomic E-state index is 13.3. The average Bonchev–Trinajstić information content (AvgIpc) is 2.54. The minimum atomic E-state index is -0.579. The van der Waals surface area contributed by atoms with E-state index in [1.165, 1.54) is 12.1 Å². The molecule has 0 spiro atoms. The summed E-state index contributed by atoms with van der Waals surface area (Å²) in [6.45, 7) is 2.48. The van der Waals surface area contributed by atoms with Crippen LogP contribution in [0, 0.1) is 17.6 Å². The topological polar surface area (TPSA) is 43.8 Å². The minimum Gasteiger partial charge on any atom is -0.393 e. The van der Waals surface area contributed by atoms with E-state index in [0.29, 0.717) is 57.5 Å². The first-order valence-corrected chi connectivity index (χ1v) is 8.21. The van der Waals surface area contributed by atoms with Crippen molar-refractivity contribution in [2.24, 2.45) is 5.92 Å². The van der Waals surface area contributed by atoms with Gasteiger partial charge in [-0.1, -0.05) is 0 Å². The van der Waals surface area contributed by atoms with Gasteiger partial charge in [-0.25, -0.2) is 8.78 Å². The number of rotatable bonds is 2. The Kier molecular flexibility index (Phi) is 4.80. The molecule has 0 saturated carbocycles. The maximum Gasteiger partial charge on any atom is 0.225 e. The SMILES string of the molecule is O=C(C1CCN(c2cc(F)cc(F)c2)CC1)N1CCC(O)CC1. The molecule has 3 rings (SSSR count). The van der Waals surface area contributed by atoms with Crippen molar-refractivity contribution < 1.29 is 18.7 Å². The zero-order chi connectivity index (χ0) is 16.4. The Balaban J connectivity index is 1.56. The summed E-state index contributed by atoms with van der Waals surface area (Å²) >= 11 is 0. The molecule has 0 radical (unpaired) electrons. The van der Waals surface area contributed by atoms with E-state index >= 15 is 0 Å². The van der Waals surface area contributed by atoms with Crippen LogP contribution in [0.4, 0.5) is 14.5 Å². The maximum absolute atomic E-state index is 13.3. The molecule has 6 heteroatoms. The minimum absolute atomic E-state index is 0.0279. The van der Waals surface area contributed by atoms with Gasteiger partial charge in [-0.3, -0.25) is 4.79 Å².